The summed E-state index contributed by atoms with van der Waals surface area (Å²) in [6, 6.07) is 14.4. The number of fused-ring (bicyclic) bond motifs is 5. The molecule has 4 aromatic rings. The van der Waals surface area contributed by atoms with Crippen molar-refractivity contribution in [1.82, 2.24) is 36.1 Å². The van der Waals surface area contributed by atoms with Crippen LogP contribution in [0.15, 0.2) is 60.7 Å². The molecule has 5 amide bonds. The van der Waals surface area contributed by atoms with Gasteiger partial charge in [0.1, 0.15) is 61.2 Å². The van der Waals surface area contributed by atoms with E-state index >= 15 is 0 Å². The Morgan fingerprint density at radius 1 is 0.853 bits per heavy atom. The highest BCUT2D eigenvalue weighted by Crippen LogP contribution is 2.40. The van der Waals surface area contributed by atoms with Gasteiger partial charge in [0.2, 0.25) is 23.6 Å². The van der Waals surface area contributed by atoms with Crippen molar-refractivity contribution in [2.24, 2.45) is 17.2 Å². The Morgan fingerprint density at radius 3 is 2.12 bits per heavy atom. The Hall–Kier alpha value is -7.14. The second-order valence-electron chi connectivity index (χ2n) is 16.4. The topological polar surface area (TPSA) is 292 Å². The zero-order valence-electron chi connectivity index (χ0n) is 39.4. The Labute approximate surface area is 396 Å². The van der Waals surface area contributed by atoms with Crippen LogP contribution in [0.3, 0.4) is 0 Å². The third kappa shape index (κ3) is 13.3. The van der Waals surface area contributed by atoms with E-state index in [1.54, 1.807) is 50.2 Å². The van der Waals surface area contributed by atoms with Crippen LogP contribution < -0.4 is 52.7 Å². The molecule has 68 heavy (non-hydrogen) atoms. The first-order valence-corrected chi connectivity index (χ1v) is 22.8. The number of nitrogens with one attached hydrogen (secondary N) is 4. The highest BCUT2D eigenvalue weighted by atomic mass is 16.5. The van der Waals surface area contributed by atoms with Crippen LogP contribution in [0.1, 0.15) is 78.4 Å². The van der Waals surface area contributed by atoms with Gasteiger partial charge < -0.3 is 57.6 Å². The quantitative estimate of drug-likeness (QED) is 0.0495. The van der Waals surface area contributed by atoms with Crippen LogP contribution in [0.4, 0.5) is 0 Å². The number of hydrogen-bond acceptors (Lipinski definition) is 14. The van der Waals surface area contributed by atoms with E-state index in [-0.39, 0.29) is 57.8 Å². The predicted molar refractivity (Wildman–Crippen MR) is 255 cm³/mol. The number of benzene rings is 3. The molecule has 4 atom stereocenters. The van der Waals surface area contributed by atoms with E-state index in [0.717, 1.165) is 30.6 Å². The van der Waals surface area contributed by atoms with E-state index in [1.807, 2.05) is 30.3 Å². The van der Waals surface area contributed by atoms with E-state index in [4.69, 9.17) is 31.4 Å². The first-order chi connectivity index (χ1) is 32.7. The van der Waals surface area contributed by atoms with Gasteiger partial charge in [-0.2, -0.15) is 5.26 Å². The third-order valence-electron chi connectivity index (χ3n) is 11.2. The molecule has 2 heterocycles. The number of aromatic nitrogens is 2. The molecule has 19 nitrogen and oxygen atoms in total. The van der Waals surface area contributed by atoms with Crippen LogP contribution in [0.25, 0.3) is 22.5 Å². The van der Waals surface area contributed by atoms with Gasteiger partial charge in [-0.05, 0) is 99.8 Å². The van der Waals surface area contributed by atoms with Gasteiger partial charge in [0.15, 0.2) is 5.82 Å². The van der Waals surface area contributed by atoms with Gasteiger partial charge in [-0.1, -0.05) is 31.9 Å². The number of rotatable bonds is 20. The lowest BCUT2D eigenvalue weighted by Gasteiger charge is -2.32. The summed E-state index contributed by atoms with van der Waals surface area (Å²) in [6.45, 7) is 7.90. The number of aryl methyl sites for hydroxylation is 2. The zero-order valence-corrected chi connectivity index (χ0v) is 39.4. The normalized spacial score (nSPS) is 16.2. The molecule has 3 aromatic carbocycles. The third-order valence-corrected chi connectivity index (χ3v) is 11.2. The van der Waals surface area contributed by atoms with E-state index in [1.165, 1.54) is 18.9 Å². The minimum absolute atomic E-state index is 0.00111. The number of nitriles is 1. The SMILES string of the molecule is CCCCCOc1ccc(-c2nc(C)c(C(=O)NC(CCN)C(=O)N(C)C3C(=O)NC(C)C(=O)NC(C(=O)NCC#N)Cc4ccc(OCCN)c(c4)-c4cc3ccc4OCCN)c(C)n2)cc1. The Balaban J connectivity index is 1.53. The largest absolute Gasteiger partial charge is 0.494 e. The number of nitrogens with two attached hydrogens (primary N) is 3. The predicted octanol–water partition coefficient (Wildman–Crippen LogP) is 2.50. The monoisotopic (exact) mass is 933 g/mol. The van der Waals surface area contributed by atoms with Crippen molar-refractivity contribution in [2.45, 2.75) is 84.0 Å². The maximum absolute atomic E-state index is 14.7. The molecule has 19 heteroatoms. The van der Waals surface area contributed by atoms with Gasteiger partial charge in [-0.3, -0.25) is 24.0 Å². The van der Waals surface area contributed by atoms with Crippen molar-refractivity contribution in [2.75, 3.05) is 53.0 Å². The molecule has 0 radical (unpaired) electrons. The van der Waals surface area contributed by atoms with Crippen LogP contribution in [-0.4, -0.2) is 116 Å². The molecule has 5 rings (SSSR count). The molecule has 1 aromatic heterocycles. The van der Waals surface area contributed by atoms with Gasteiger partial charge in [-0.25, -0.2) is 9.97 Å². The highest BCUT2D eigenvalue weighted by molar-refractivity contribution is 6.00. The second kappa shape index (κ2) is 25.1. The van der Waals surface area contributed by atoms with Gasteiger partial charge >= 0.3 is 0 Å². The Kier molecular flexibility index (Phi) is 19.2. The maximum Gasteiger partial charge on any atom is 0.255 e. The fourth-order valence-corrected chi connectivity index (χ4v) is 7.78. The molecule has 4 bridgehead atoms. The summed E-state index contributed by atoms with van der Waals surface area (Å²) >= 11 is 0. The first-order valence-electron chi connectivity index (χ1n) is 22.8. The van der Waals surface area contributed by atoms with E-state index in [9.17, 15) is 29.2 Å². The number of carbonyl (C=O) groups is 5. The van der Waals surface area contributed by atoms with Crippen molar-refractivity contribution < 1.29 is 38.2 Å². The molecule has 0 saturated heterocycles. The van der Waals surface area contributed by atoms with Gasteiger partial charge in [0.25, 0.3) is 5.91 Å². The Bertz CT molecular complexity index is 2440. The molecule has 1 aliphatic heterocycles. The molecule has 0 saturated carbocycles. The minimum Gasteiger partial charge on any atom is -0.494 e. The summed E-state index contributed by atoms with van der Waals surface area (Å²) in [5, 5.41) is 19.9. The molecule has 1 aliphatic rings. The molecular formula is C49H63N11O8. The lowest BCUT2D eigenvalue weighted by atomic mass is 9.93. The van der Waals surface area contributed by atoms with Crippen LogP contribution in [-0.2, 0) is 25.6 Å². The molecule has 362 valence electrons. The average molecular weight is 934 g/mol. The number of amides is 5. The average Bonchev–Trinajstić information content (AvgIpc) is 3.32. The fourth-order valence-electron chi connectivity index (χ4n) is 7.78. The summed E-state index contributed by atoms with van der Waals surface area (Å²) in [4.78, 5) is 81.1. The van der Waals surface area contributed by atoms with E-state index in [2.05, 4.69) is 38.2 Å². The number of likely N-dealkylation sites (N-methyl/N-ethyl adjacent to an activating group) is 1. The minimum atomic E-state index is -1.41. The maximum atomic E-state index is 14.7. The Morgan fingerprint density at radius 2 is 1.50 bits per heavy atom. The van der Waals surface area contributed by atoms with Crippen molar-refractivity contribution in [3.05, 3.63) is 88.7 Å². The number of hydrogen-bond donors (Lipinski definition) is 7. The molecule has 10 N–H and O–H groups in total. The van der Waals surface area contributed by atoms with Crippen molar-refractivity contribution >= 4 is 29.5 Å². The molecule has 0 fully saturated rings. The van der Waals surface area contributed by atoms with Crippen LogP contribution >= 0.6 is 0 Å². The second-order valence-corrected chi connectivity index (χ2v) is 16.4. The number of carbonyl (C=O) groups excluding carboxylic acids is 5. The molecule has 4 unspecified atom stereocenters. The summed E-state index contributed by atoms with van der Waals surface area (Å²) in [5.41, 5.74) is 21.2. The summed E-state index contributed by atoms with van der Waals surface area (Å²) in [7, 11) is 1.41. The first kappa shape index (κ1) is 51.8. The number of ether oxygens (including phenoxy) is 3. The van der Waals surface area contributed by atoms with E-state index in [0.29, 0.717) is 57.6 Å². The highest BCUT2D eigenvalue weighted by Gasteiger charge is 2.36. The standard InChI is InChI=1S/C49H63N11O8/c1-6-7-8-23-66-35-13-10-33(11-14-35)44-55-29(2)42(30(3)56-44)47(63)58-38(17-18-50)49(65)60(5)43-34-12-16-41(68-25-21-53)37(28-34)36-26-32(9-15-40(36)67-24-20-52)27-39(46(62)54-22-19-51)59-45(61)31(4)57-48(43)64/h9-16,26,28,31,38-39,43H,6-8,17-18,20-25,27,50,52-53H2,1-5H3,(H,54,62)(H,57,64)(H,58,63)(H,59,61). The van der Waals surface area contributed by atoms with Crippen molar-refractivity contribution in [3.8, 4) is 45.8 Å². The van der Waals surface area contributed by atoms with Crippen LogP contribution in [0.2, 0.25) is 0 Å². The lowest BCUT2D eigenvalue weighted by molar-refractivity contribution is -0.141. The van der Waals surface area contributed by atoms with Crippen LogP contribution in [0, 0.1) is 25.2 Å². The molecular weight excluding hydrogens is 871 g/mol. The van der Waals surface area contributed by atoms with Crippen molar-refractivity contribution in [3.63, 3.8) is 0 Å². The van der Waals surface area contributed by atoms with Crippen LogP contribution in [0.5, 0.6) is 17.2 Å². The smallest absolute Gasteiger partial charge is 0.255 e. The van der Waals surface area contributed by atoms with E-state index < -0.39 is 53.7 Å². The number of nitrogens with zero attached hydrogens (tertiary/aromatic N) is 4. The number of unbranched alkanes of at least 4 members (excludes halogenated alkanes) is 2. The lowest BCUT2D eigenvalue weighted by Crippen LogP contribution is -2.56. The van der Waals surface area contributed by atoms with Gasteiger partial charge in [-0.15, -0.1) is 0 Å². The van der Waals surface area contributed by atoms with Gasteiger partial charge in [0.05, 0.1) is 29.6 Å². The molecule has 0 aliphatic carbocycles. The summed E-state index contributed by atoms with van der Waals surface area (Å²) in [6.07, 6.45) is 3.14. The van der Waals surface area contributed by atoms with Crippen molar-refractivity contribution in [1.29, 1.82) is 5.26 Å². The summed E-state index contributed by atoms with van der Waals surface area (Å²) < 4.78 is 18.0. The zero-order chi connectivity index (χ0) is 49.3. The summed E-state index contributed by atoms with van der Waals surface area (Å²) in [5.74, 6) is -1.47. The molecule has 0 spiro atoms. The fraction of sp³-hybridized carbons (Fsp3) is 0.429. The van der Waals surface area contributed by atoms with Gasteiger partial charge in [0, 0.05) is 43.2 Å².